The molecule has 4 rings (SSSR count). The molecule has 0 aromatic heterocycles. The smallest absolute Gasteiger partial charge is 0.335 e. The maximum absolute atomic E-state index is 12.9. The first-order chi connectivity index (χ1) is 15.4. The molecule has 0 aliphatic rings. The molecule has 7 heteroatoms. The van der Waals surface area contributed by atoms with E-state index in [2.05, 4.69) is 0 Å². The second-order valence-electron chi connectivity index (χ2n) is 6.80. The Labute approximate surface area is 185 Å². The molecule has 0 saturated carbocycles. The summed E-state index contributed by atoms with van der Waals surface area (Å²) in [6, 6.07) is 27.4. The lowest BCUT2D eigenvalue weighted by Gasteiger charge is -2.09. The van der Waals surface area contributed by atoms with E-state index in [4.69, 9.17) is 14.6 Å². The first-order valence-electron chi connectivity index (χ1n) is 9.61. The maximum atomic E-state index is 12.9. The van der Waals surface area contributed by atoms with Crippen LogP contribution in [0, 0.1) is 0 Å². The van der Waals surface area contributed by atoms with Crippen LogP contribution in [0.3, 0.4) is 0 Å². The monoisotopic (exact) mass is 446 g/mol. The van der Waals surface area contributed by atoms with E-state index in [9.17, 15) is 13.2 Å². The first kappa shape index (κ1) is 21.1. The van der Waals surface area contributed by atoms with Crippen molar-refractivity contribution in [2.24, 2.45) is 0 Å². The molecule has 0 fully saturated rings. The van der Waals surface area contributed by atoms with Gasteiger partial charge >= 0.3 is 5.97 Å². The molecule has 0 atom stereocenters. The van der Waals surface area contributed by atoms with E-state index in [1.807, 2.05) is 30.3 Å². The van der Waals surface area contributed by atoms with Gasteiger partial charge in [-0.05, 0) is 78.9 Å². The molecule has 32 heavy (non-hydrogen) atoms. The molecule has 0 unspecified atom stereocenters. The number of carboxylic acid groups (broad SMARTS) is 1. The SMILES string of the molecule is O=C(O)c1cccc(Oc2ccc(S(=O)(=O)c3ccc(Oc4ccccc4)cc3)cc2)c1. The van der Waals surface area contributed by atoms with E-state index < -0.39 is 15.8 Å². The summed E-state index contributed by atoms with van der Waals surface area (Å²) >= 11 is 0. The molecule has 0 amide bonds. The average molecular weight is 446 g/mol. The number of sulfone groups is 1. The summed E-state index contributed by atoms with van der Waals surface area (Å²) in [6.07, 6.45) is 0. The zero-order valence-corrected chi connectivity index (χ0v) is 17.5. The van der Waals surface area contributed by atoms with Crippen molar-refractivity contribution in [2.75, 3.05) is 0 Å². The molecule has 4 aromatic rings. The van der Waals surface area contributed by atoms with Crippen molar-refractivity contribution in [3.8, 4) is 23.0 Å². The molecule has 1 N–H and O–H groups in total. The third kappa shape index (κ3) is 4.79. The molecular formula is C25H18O6S. The van der Waals surface area contributed by atoms with Crippen molar-refractivity contribution in [1.29, 1.82) is 0 Å². The van der Waals surface area contributed by atoms with Crippen LogP contribution in [-0.2, 0) is 9.84 Å². The van der Waals surface area contributed by atoms with Gasteiger partial charge in [-0.1, -0.05) is 24.3 Å². The Bertz CT molecular complexity index is 1330. The number of rotatable bonds is 7. The molecule has 0 bridgehead atoms. The van der Waals surface area contributed by atoms with Crippen LogP contribution in [0.25, 0.3) is 0 Å². The van der Waals surface area contributed by atoms with Crippen LogP contribution in [0.4, 0.5) is 0 Å². The number of hydrogen-bond donors (Lipinski definition) is 1. The standard InChI is InChI=1S/C25H18O6S/c26-25(27)18-5-4-8-22(17-18)31-21-11-15-24(16-12-21)32(28,29)23-13-9-20(10-14-23)30-19-6-2-1-3-7-19/h1-17H,(H,26,27). The van der Waals surface area contributed by atoms with Crippen LogP contribution >= 0.6 is 0 Å². The van der Waals surface area contributed by atoms with E-state index in [-0.39, 0.29) is 15.4 Å². The quantitative estimate of drug-likeness (QED) is 0.386. The second-order valence-corrected chi connectivity index (χ2v) is 8.75. The summed E-state index contributed by atoms with van der Waals surface area (Å²) in [4.78, 5) is 11.3. The van der Waals surface area contributed by atoms with Gasteiger partial charge in [0.1, 0.15) is 23.0 Å². The minimum atomic E-state index is -3.72. The number of hydrogen-bond acceptors (Lipinski definition) is 5. The number of para-hydroxylation sites is 1. The van der Waals surface area contributed by atoms with Crippen LogP contribution < -0.4 is 9.47 Å². The fraction of sp³-hybridized carbons (Fsp3) is 0. The molecule has 0 aliphatic heterocycles. The number of benzene rings is 4. The molecule has 0 aliphatic carbocycles. The van der Waals surface area contributed by atoms with Crippen molar-refractivity contribution in [2.45, 2.75) is 9.79 Å². The first-order valence-corrected chi connectivity index (χ1v) is 11.1. The van der Waals surface area contributed by atoms with E-state index in [0.717, 1.165) is 0 Å². The third-order valence-electron chi connectivity index (χ3n) is 4.56. The topological polar surface area (TPSA) is 89.9 Å². The predicted octanol–water partition coefficient (Wildman–Crippen LogP) is 5.80. The van der Waals surface area contributed by atoms with Crippen LogP contribution in [0.5, 0.6) is 23.0 Å². The van der Waals surface area contributed by atoms with E-state index >= 15 is 0 Å². The highest BCUT2D eigenvalue weighted by molar-refractivity contribution is 7.91. The van der Waals surface area contributed by atoms with E-state index in [1.54, 1.807) is 24.3 Å². The lowest BCUT2D eigenvalue weighted by molar-refractivity contribution is 0.0696. The Kier molecular flexibility index (Phi) is 5.91. The summed E-state index contributed by atoms with van der Waals surface area (Å²) in [7, 11) is -3.72. The van der Waals surface area contributed by atoms with Gasteiger partial charge in [-0.3, -0.25) is 0 Å². The molecule has 160 valence electrons. The van der Waals surface area contributed by atoms with Crippen molar-refractivity contribution in [1.82, 2.24) is 0 Å². The van der Waals surface area contributed by atoms with Crippen molar-refractivity contribution in [3.05, 3.63) is 109 Å². The molecule has 0 heterocycles. The predicted molar refractivity (Wildman–Crippen MR) is 118 cm³/mol. The summed E-state index contributed by atoms with van der Waals surface area (Å²) in [5, 5.41) is 9.07. The van der Waals surface area contributed by atoms with Gasteiger partial charge in [0.25, 0.3) is 0 Å². The number of aromatic carboxylic acids is 1. The van der Waals surface area contributed by atoms with Gasteiger partial charge in [0.15, 0.2) is 0 Å². The van der Waals surface area contributed by atoms with E-state index in [0.29, 0.717) is 23.0 Å². The Hall–Kier alpha value is -4.10. The lowest BCUT2D eigenvalue weighted by Crippen LogP contribution is -2.02. The van der Waals surface area contributed by atoms with Gasteiger partial charge in [-0.15, -0.1) is 0 Å². The normalized spacial score (nSPS) is 11.0. The summed E-state index contributed by atoms with van der Waals surface area (Å²) < 4.78 is 37.2. The molecule has 4 aromatic carbocycles. The molecule has 0 radical (unpaired) electrons. The maximum Gasteiger partial charge on any atom is 0.335 e. The Balaban J connectivity index is 1.49. The highest BCUT2D eigenvalue weighted by atomic mass is 32.2. The van der Waals surface area contributed by atoms with Crippen LogP contribution in [-0.4, -0.2) is 19.5 Å². The lowest BCUT2D eigenvalue weighted by atomic mass is 10.2. The largest absolute Gasteiger partial charge is 0.478 e. The fourth-order valence-corrected chi connectivity index (χ4v) is 4.22. The fourth-order valence-electron chi connectivity index (χ4n) is 2.96. The molecular weight excluding hydrogens is 428 g/mol. The molecule has 0 spiro atoms. The Morgan fingerprint density at radius 2 is 1.06 bits per heavy atom. The number of carbonyl (C=O) groups is 1. The van der Waals surface area contributed by atoms with E-state index in [1.165, 1.54) is 48.5 Å². The Morgan fingerprint density at radius 3 is 1.59 bits per heavy atom. The minimum Gasteiger partial charge on any atom is -0.478 e. The Morgan fingerprint density at radius 1 is 0.594 bits per heavy atom. The zero-order chi connectivity index (χ0) is 22.6. The zero-order valence-electron chi connectivity index (χ0n) is 16.7. The minimum absolute atomic E-state index is 0.0985. The van der Waals surface area contributed by atoms with Gasteiger partial charge < -0.3 is 14.6 Å². The van der Waals surface area contributed by atoms with Gasteiger partial charge in [0.2, 0.25) is 9.84 Å². The van der Waals surface area contributed by atoms with Gasteiger partial charge in [-0.2, -0.15) is 0 Å². The molecule has 0 saturated heterocycles. The third-order valence-corrected chi connectivity index (χ3v) is 6.35. The molecule has 6 nitrogen and oxygen atoms in total. The van der Waals surface area contributed by atoms with Crippen molar-refractivity contribution >= 4 is 15.8 Å². The van der Waals surface area contributed by atoms with Gasteiger partial charge in [0.05, 0.1) is 15.4 Å². The summed E-state index contributed by atoms with van der Waals surface area (Å²) in [5.74, 6) is 0.861. The van der Waals surface area contributed by atoms with Gasteiger partial charge in [0, 0.05) is 0 Å². The number of ether oxygens (including phenoxy) is 2. The summed E-state index contributed by atoms with van der Waals surface area (Å²) in [6.45, 7) is 0. The van der Waals surface area contributed by atoms with Gasteiger partial charge in [-0.25, -0.2) is 13.2 Å². The average Bonchev–Trinajstić information content (AvgIpc) is 2.81. The summed E-state index contributed by atoms with van der Waals surface area (Å²) in [5.41, 5.74) is 0.0985. The van der Waals surface area contributed by atoms with Crippen molar-refractivity contribution in [3.63, 3.8) is 0 Å². The highest BCUT2D eigenvalue weighted by Gasteiger charge is 2.18. The van der Waals surface area contributed by atoms with Crippen LogP contribution in [0.2, 0.25) is 0 Å². The van der Waals surface area contributed by atoms with Crippen molar-refractivity contribution < 1.29 is 27.8 Å². The van der Waals surface area contributed by atoms with Crippen LogP contribution in [0.1, 0.15) is 10.4 Å². The second kappa shape index (κ2) is 8.95. The highest BCUT2D eigenvalue weighted by Crippen LogP contribution is 2.28. The number of carboxylic acids is 1. The van der Waals surface area contributed by atoms with Crippen LogP contribution in [0.15, 0.2) is 113 Å².